The van der Waals surface area contributed by atoms with Gasteiger partial charge in [-0.3, -0.25) is 4.90 Å². The van der Waals surface area contributed by atoms with E-state index in [2.05, 4.69) is 29.1 Å². The molecule has 0 radical (unpaired) electrons. The van der Waals surface area contributed by atoms with Crippen molar-refractivity contribution in [2.45, 2.75) is 51.1 Å². The lowest BCUT2D eigenvalue weighted by Gasteiger charge is -2.39. The Hall–Kier alpha value is -0.120. The molecule has 1 N–H and O–H groups in total. The highest BCUT2D eigenvalue weighted by molar-refractivity contribution is 4.96. The fraction of sp³-hybridized carbons (Fsp3) is 1.00. The number of fused-ring (bicyclic) bond motifs is 1. The van der Waals surface area contributed by atoms with Gasteiger partial charge in [0.2, 0.25) is 0 Å². The molecule has 3 heterocycles. The SMILES string of the molecule is CN1CCC(C)(CNC2CCN3CCCC23)CC1. The van der Waals surface area contributed by atoms with Crippen LogP contribution in [-0.2, 0) is 0 Å². The topological polar surface area (TPSA) is 18.5 Å². The summed E-state index contributed by atoms with van der Waals surface area (Å²) in [6, 6.07) is 1.64. The van der Waals surface area contributed by atoms with Crippen molar-refractivity contribution in [3.63, 3.8) is 0 Å². The van der Waals surface area contributed by atoms with E-state index in [9.17, 15) is 0 Å². The van der Waals surface area contributed by atoms with Crippen LogP contribution in [0.4, 0.5) is 0 Å². The lowest BCUT2D eigenvalue weighted by molar-refractivity contribution is 0.131. The summed E-state index contributed by atoms with van der Waals surface area (Å²) in [6.07, 6.45) is 6.94. The van der Waals surface area contributed by atoms with Crippen molar-refractivity contribution < 1.29 is 0 Å². The van der Waals surface area contributed by atoms with Gasteiger partial charge in [0.05, 0.1) is 0 Å². The summed E-state index contributed by atoms with van der Waals surface area (Å²) < 4.78 is 0. The molecular formula is C15H29N3. The molecule has 3 rings (SSSR count). The van der Waals surface area contributed by atoms with Gasteiger partial charge < -0.3 is 10.2 Å². The van der Waals surface area contributed by atoms with Gasteiger partial charge in [-0.05, 0) is 64.2 Å². The molecule has 2 atom stereocenters. The minimum absolute atomic E-state index is 0.540. The van der Waals surface area contributed by atoms with Crippen molar-refractivity contribution in [2.75, 3.05) is 39.8 Å². The zero-order valence-electron chi connectivity index (χ0n) is 12.1. The fourth-order valence-corrected chi connectivity index (χ4v) is 4.03. The minimum Gasteiger partial charge on any atom is -0.312 e. The molecule has 104 valence electrons. The third kappa shape index (κ3) is 2.59. The summed E-state index contributed by atoms with van der Waals surface area (Å²) in [7, 11) is 2.25. The zero-order valence-corrected chi connectivity index (χ0v) is 12.1. The van der Waals surface area contributed by atoms with Gasteiger partial charge in [0.25, 0.3) is 0 Å². The lowest BCUT2D eigenvalue weighted by atomic mass is 9.80. The highest BCUT2D eigenvalue weighted by Crippen LogP contribution is 2.32. The molecule has 0 aromatic carbocycles. The first-order chi connectivity index (χ1) is 8.66. The Morgan fingerprint density at radius 1 is 1.11 bits per heavy atom. The van der Waals surface area contributed by atoms with Crippen LogP contribution in [0.2, 0.25) is 0 Å². The number of nitrogens with zero attached hydrogens (tertiary/aromatic N) is 2. The number of hydrogen-bond acceptors (Lipinski definition) is 3. The van der Waals surface area contributed by atoms with Crippen molar-refractivity contribution in [3.05, 3.63) is 0 Å². The van der Waals surface area contributed by atoms with Crippen LogP contribution >= 0.6 is 0 Å². The first-order valence-corrected chi connectivity index (χ1v) is 7.82. The van der Waals surface area contributed by atoms with Crippen LogP contribution < -0.4 is 5.32 Å². The summed E-state index contributed by atoms with van der Waals surface area (Å²) in [5.74, 6) is 0. The van der Waals surface area contributed by atoms with Crippen LogP contribution in [-0.4, -0.2) is 61.7 Å². The number of piperidine rings is 1. The molecule has 0 spiro atoms. The molecule has 3 aliphatic rings. The third-order valence-electron chi connectivity index (χ3n) is 5.59. The first kappa shape index (κ1) is 12.9. The molecule has 18 heavy (non-hydrogen) atoms. The summed E-state index contributed by atoms with van der Waals surface area (Å²) in [6.45, 7) is 8.95. The Labute approximate surface area is 112 Å². The van der Waals surface area contributed by atoms with E-state index in [1.165, 1.54) is 64.8 Å². The summed E-state index contributed by atoms with van der Waals surface area (Å²) in [4.78, 5) is 5.17. The molecule has 0 aromatic rings. The highest BCUT2D eigenvalue weighted by Gasteiger charge is 2.38. The van der Waals surface area contributed by atoms with E-state index in [0.717, 1.165) is 12.1 Å². The van der Waals surface area contributed by atoms with Crippen molar-refractivity contribution >= 4 is 0 Å². The predicted molar refractivity (Wildman–Crippen MR) is 75.8 cm³/mol. The van der Waals surface area contributed by atoms with Crippen molar-refractivity contribution in [1.82, 2.24) is 15.1 Å². The number of rotatable bonds is 3. The van der Waals surface area contributed by atoms with E-state index in [1.54, 1.807) is 0 Å². The number of nitrogens with one attached hydrogen (secondary N) is 1. The smallest absolute Gasteiger partial charge is 0.0250 e. The molecule has 2 unspecified atom stereocenters. The normalized spacial score (nSPS) is 37.0. The second kappa shape index (κ2) is 5.10. The number of likely N-dealkylation sites (tertiary alicyclic amines) is 1. The standard InChI is InChI=1S/C15H29N3/c1-15(6-10-17(2)11-7-15)12-16-13-5-9-18-8-3-4-14(13)18/h13-14,16H,3-12H2,1-2H3. The van der Waals surface area contributed by atoms with E-state index >= 15 is 0 Å². The summed E-state index contributed by atoms with van der Waals surface area (Å²) in [5, 5.41) is 3.92. The van der Waals surface area contributed by atoms with Gasteiger partial charge in [0, 0.05) is 25.2 Å². The van der Waals surface area contributed by atoms with E-state index in [-0.39, 0.29) is 0 Å². The summed E-state index contributed by atoms with van der Waals surface area (Å²) in [5.41, 5.74) is 0.540. The molecule has 0 aromatic heterocycles. The van der Waals surface area contributed by atoms with Crippen LogP contribution in [0.3, 0.4) is 0 Å². The molecule has 0 saturated carbocycles. The average molecular weight is 251 g/mol. The van der Waals surface area contributed by atoms with Gasteiger partial charge in [-0.15, -0.1) is 0 Å². The maximum absolute atomic E-state index is 3.92. The van der Waals surface area contributed by atoms with Crippen LogP contribution in [0.1, 0.15) is 39.0 Å². The van der Waals surface area contributed by atoms with Gasteiger partial charge >= 0.3 is 0 Å². The van der Waals surface area contributed by atoms with E-state index in [4.69, 9.17) is 0 Å². The fourth-order valence-electron chi connectivity index (χ4n) is 4.03. The Morgan fingerprint density at radius 2 is 1.89 bits per heavy atom. The van der Waals surface area contributed by atoms with E-state index in [1.807, 2.05) is 0 Å². The van der Waals surface area contributed by atoms with Crippen molar-refractivity contribution in [2.24, 2.45) is 5.41 Å². The molecule has 3 saturated heterocycles. The number of hydrogen-bond donors (Lipinski definition) is 1. The van der Waals surface area contributed by atoms with Gasteiger partial charge in [-0.25, -0.2) is 0 Å². The van der Waals surface area contributed by atoms with E-state index in [0.29, 0.717) is 5.41 Å². The van der Waals surface area contributed by atoms with Gasteiger partial charge in [-0.2, -0.15) is 0 Å². The van der Waals surface area contributed by atoms with Crippen molar-refractivity contribution in [1.29, 1.82) is 0 Å². The van der Waals surface area contributed by atoms with Crippen LogP contribution in [0.25, 0.3) is 0 Å². The summed E-state index contributed by atoms with van der Waals surface area (Å²) >= 11 is 0. The quantitative estimate of drug-likeness (QED) is 0.821. The minimum atomic E-state index is 0.540. The molecule has 0 aliphatic carbocycles. The Kier molecular flexibility index (Phi) is 3.65. The maximum Gasteiger partial charge on any atom is 0.0250 e. The Balaban J connectivity index is 1.49. The highest BCUT2D eigenvalue weighted by atomic mass is 15.2. The molecule has 0 bridgehead atoms. The second-order valence-electron chi connectivity index (χ2n) is 7.14. The molecule has 3 fully saturated rings. The largest absolute Gasteiger partial charge is 0.312 e. The maximum atomic E-state index is 3.92. The molecule has 3 aliphatic heterocycles. The Bertz CT molecular complexity index is 283. The van der Waals surface area contributed by atoms with Gasteiger partial charge in [0.15, 0.2) is 0 Å². The average Bonchev–Trinajstić information content (AvgIpc) is 2.94. The second-order valence-corrected chi connectivity index (χ2v) is 7.14. The van der Waals surface area contributed by atoms with Crippen LogP contribution in [0.15, 0.2) is 0 Å². The van der Waals surface area contributed by atoms with Crippen molar-refractivity contribution in [3.8, 4) is 0 Å². The first-order valence-electron chi connectivity index (χ1n) is 7.82. The van der Waals surface area contributed by atoms with E-state index < -0.39 is 0 Å². The zero-order chi connectivity index (χ0) is 12.6. The van der Waals surface area contributed by atoms with Crippen LogP contribution in [0, 0.1) is 5.41 Å². The monoisotopic (exact) mass is 251 g/mol. The third-order valence-corrected chi connectivity index (χ3v) is 5.59. The molecule has 3 nitrogen and oxygen atoms in total. The lowest BCUT2D eigenvalue weighted by Crippen LogP contribution is -2.47. The predicted octanol–water partition coefficient (Wildman–Crippen LogP) is 1.54. The Morgan fingerprint density at radius 3 is 2.67 bits per heavy atom. The van der Waals surface area contributed by atoms with Crippen LogP contribution in [0.5, 0.6) is 0 Å². The molecule has 3 heteroatoms. The van der Waals surface area contributed by atoms with Gasteiger partial charge in [0.1, 0.15) is 0 Å². The molecule has 0 amide bonds. The van der Waals surface area contributed by atoms with Gasteiger partial charge in [-0.1, -0.05) is 6.92 Å². The molecular weight excluding hydrogens is 222 g/mol.